The van der Waals surface area contributed by atoms with Gasteiger partial charge in [-0.3, -0.25) is 32.5 Å². The number of carbonyl (C=O) groups is 4. The Morgan fingerprint density at radius 1 is 1.06 bits per heavy atom. The highest BCUT2D eigenvalue weighted by molar-refractivity contribution is 8.13. The number of carbonyl (C=O) groups excluding carboxylic acids is 4. The van der Waals surface area contributed by atoms with E-state index in [-0.39, 0.29) is 59.7 Å². The van der Waals surface area contributed by atoms with Crippen LogP contribution < -0.4 is 27.0 Å². The first kappa shape index (κ1) is 51.2. The third kappa shape index (κ3) is 14.6. The van der Waals surface area contributed by atoms with Crippen LogP contribution in [0, 0.1) is 5.41 Å². The Hall–Kier alpha value is -2.82. The zero-order valence-electron chi connectivity index (χ0n) is 33.7. The Balaban J connectivity index is 0.979. The van der Waals surface area contributed by atoms with Crippen LogP contribution in [0.25, 0.3) is 11.2 Å². The molecule has 32 heteroatoms. The number of aliphatic hydroxyl groups is 2. The van der Waals surface area contributed by atoms with Crippen LogP contribution in [0.15, 0.2) is 12.7 Å². The number of urea groups is 1. The lowest BCUT2D eigenvalue weighted by Crippen LogP contribution is -2.46. The molecular formula is C31H50N9O18P3S2. The molecule has 354 valence electrons. The first-order valence-electron chi connectivity index (χ1n) is 19.2. The van der Waals surface area contributed by atoms with E-state index in [4.69, 9.17) is 19.5 Å². The van der Waals surface area contributed by atoms with Crippen molar-refractivity contribution in [2.75, 3.05) is 43.5 Å². The van der Waals surface area contributed by atoms with Crippen LogP contribution in [-0.2, 0) is 50.7 Å². The molecule has 5 rings (SSSR count). The Morgan fingerprint density at radius 2 is 1.79 bits per heavy atom. The van der Waals surface area contributed by atoms with E-state index < -0.39 is 84.6 Å². The van der Waals surface area contributed by atoms with Crippen molar-refractivity contribution < 1.29 is 85.3 Å². The molecule has 0 bridgehead atoms. The van der Waals surface area contributed by atoms with Crippen molar-refractivity contribution in [3.63, 3.8) is 0 Å². The smallest absolute Gasteiger partial charge is 0.386 e. The molecule has 0 saturated carbocycles. The van der Waals surface area contributed by atoms with E-state index in [1.165, 1.54) is 13.8 Å². The van der Waals surface area contributed by atoms with Crippen LogP contribution in [0.3, 0.4) is 0 Å². The molecule has 5 heterocycles. The number of nitrogen functional groups attached to an aromatic ring is 1. The number of ether oxygens (including phenoxy) is 1. The monoisotopic (exact) mass is 993 g/mol. The second kappa shape index (κ2) is 21.7. The molecule has 0 aliphatic carbocycles. The number of nitrogens with zero attached hydrogens (tertiary/aromatic N) is 4. The Morgan fingerprint density at radius 3 is 2.52 bits per heavy atom. The van der Waals surface area contributed by atoms with E-state index in [2.05, 4.69) is 45.1 Å². The van der Waals surface area contributed by atoms with Crippen molar-refractivity contribution in [3.05, 3.63) is 12.7 Å². The molecule has 0 radical (unpaired) electrons. The first-order valence-corrected chi connectivity index (χ1v) is 25.7. The number of fused-ring (bicyclic) bond motifs is 2. The number of phosphoric ester groups is 3. The molecule has 63 heavy (non-hydrogen) atoms. The molecular weight excluding hydrogens is 943 g/mol. The van der Waals surface area contributed by atoms with Crippen molar-refractivity contribution in [3.8, 4) is 0 Å². The van der Waals surface area contributed by atoms with Crippen LogP contribution >= 0.6 is 47.0 Å². The average molecular weight is 994 g/mol. The fourth-order valence-electron chi connectivity index (χ4n) is 6.63. The van der Waals surface area contributed by atoms with Gasteiger partial charge in [-0.2, -0.15) is 16.1 Å². The van der Waals surface area contributed by atoms with E-state index in [1.807, 2.05) is 11.8 Å². The van der Waals surface area contributed by atoms with Crippen LogP contribution in [0.1, 0.15) is 52.2 Å². The number of phosphoric acid groups is 3. The second-order valence-electron chi connectivity index (χ2n) is 15.2. The number of nitrogens with two attached hydrogens (primary N) is 1. The second-order valence-corrected chi connectivity index (χ2v) is 21.8. The third-order valence-electron chi connectivity index (χ3n) is 9.82. The van der Waals surface area contributed by atoms with Crippen molar-refractivity contribution in [1.29, 1.82) is 0 Å². The first-order chi connectivity index (χ1) is 29.4. The fourth-order valence-corrected chi connectivity index (χ4v) is 11.7. The molecule has 12 N–H and O–H groups in total. The lowest BCUT2D eigenvalue weighted by atomic mass is 9.87. The summed E-state index contributed by atoms with van der Waals surface area (Å²) in [4.78, 5) is 99.8. The van der Waals surface area contributed by atoms with Gasteiger partial charge in [-0.15, -0.1) is 0 Å². The van der Waals surface area contributed by atoms with Gasteiger partial charge >= 0.3 is 29.5 Å². The SMILES string of the molecule is CC(C)(COP(=O)(O)OP(=O)(O)OC[C@H]1O[C@@H](n2cnc3c(N)ncnc32)[C@H](O)[C@@H]1OP(=O)(O)O)[C@@H](O)C(=O)NCCC(=O)NCCSC(=O)CCCC[C@H]1SC[C@H]2NC(=O)N[C@H]21. The van der Waals surface area contributed by atoms with Gasteiger partial charge in [0.1, 0.15) is 36.3 Å². The number of amides is 4. The summed E-state index contributed by atoms with van der Waals surface area (Å²) in [7, 11) is -16.4. The quantitative estimate of drug-likeness (QED) is 0.0355. The molecule has 2 aromatic rings. The lowest BCUT2D eigenvalue weighted by Gasteiger charge is -2.30. The number of anilines is 1. The van der Waals surface area contributed by atoms with Crippen molar-refractivity contribution in [1.82, 2.24) is 40.8 Å². The van der Waals surface area contributed by atoms with Gasteiger partial charge in [-0.05, 0) is 12.8 Å². The van der Waals surface area contributed by atoms with Crippen LogP contribution in [0.4, 0.5) is 10.6 Å². The standard InChI is InChI=1S/C31H50N9O18P3S2/c1-31(2,25(44)28(45)34-8-7-19(41)33-9-10-62-20(42)6-4-3-5-18-21-16(12-63-18)38-30(46)39-21)13-55-61(52,53)58-60(50,51)54-11-17-24(57-59(47,48)49)23(43)29(56-17)40-15-37-22-26(32)35-14-36-27(22)40/h14-18,21,23-25,29,43-44H,3-13H2,1-2H3,(H,33,41)(H,34,45)(H,50,51)(H,52,53)(H2,32,35,36)(H2,38,39,46)(H2,47,48,49)/t16-,17-,18-,21-,23-,24-,25+,29-/m1/s1. The number of hydrogen-bond donors (Lipinski definition) is 11. The van der Waals surface area contributed by atoms with Gasteiger partial charge in [0, 0.05) is 48.1 Å². The maximum atomic E-state index is 12.7. The highest BCUT2D eigenvalue weighted by atomic mass is 32.2. The normalized spacial score (nSPS) is 26.0. The number of nitrogens with one attached hydrogen (secondary N) is 4. The minimum atomic E-state index is -5.58. The zero-order valence-corrected chi connectivity index (χ0v) is 38.0. The summed E-state index contributed by atoms with van der Waals surface area (Å²) in [6, 6.07) is 0.132. The van der Waals surface area contributed by atoms with Gasteiger partial charge < -0.3 is 61.5 Å². The Labute approximate surface area is 367 Å². The fraction of sp³-hybridized carbons (Fsp3) is 0.710. The van der Waals surface area contributed by atoms with Crippen molar-refractivity contribution >= 4 is 86.9 Å². The van der Waals surface area contributed by atoms with E-state index in [0.29, 0.717) is 23.8 Å². The summed E-state index contributed by atoms with van der Waals surface area (Å²) < 4.78 is 62.3. The van der Waals surface area contributed by atoms with Gasteiger partial charge in [0.2, 0.25) is 11.8 Å². The van der Waals surface area contributed by atoms with Crippen LogP contribution in [0.5, 0.6) is 0 Å². The predicted molar refractivity (Wildman–Crippen MR) is 221 cm³/mol. The third-order valence-corrected chi connectivity index (χ3v) is 15.4. The Bertz CT molecular complexity index is 2120. The summed E-state index contributed by atoms with van der Waals surface area (Å²) in [5.74, 6) is -0.262. The average Bonchev–Trinajstić information content (AvgIpc) is 3.96. The highest BCUT2D eigenvalue weighted by Crippen LogP contribution is 2.61. The number of aliphatic hydroxyl groups excluding tert-OH is 2. The molecule has 3 saturated heterocycles. The molecule has 4 amide bonds. The number of aromatic nitrogens is 4. The van der Waals surface area contributed by atoms with Gasteiger partial charge in [-0.1, -0.05) is 32.0 Å². The molecule has 2 aromatic heterocycles. The summed E-state index contributed by atoms with van der Waals surface area (Å²) in [5, 5.41) is 32.7. The topological polar surface area (TPSA) is 405 Å². The maximum Gasteiger partial charge on any atom is 0.481 e. The van der Waals surface area contributed by atoms with Gasteiger partial charge in [0.25, 0.3) is 0 Å². The number of hydrogen-bond acceptors (Lipinski definition) is 20. The summed E-state index contributed by atoms with van der Waals surface area (Å²) in [6.07, 6.45) is -4.12. The largest absolute Gasteiger partial charge is 0.481 e. The summed E-state index contributed by atoms with van der Waals surface area (Å²) in [6.45, 7) is 0.455. The molecule has 3 aliphatic heterocycles. The molecule has 10 atom stereocenters. The lowest BCUT2D eigenvalue weighted by molar-refractivity contribution is -0.137. The van der Waals surface area contributed by atoms with Crippen molar-refractivity contribution in [2.24, 2.45) is 5.41 Å². The minimum absolute atomic E-state index is 0.00559. The van der Waals surface area contributed by atoms with E-state index in [0.717, 1.165) is 47.6 Å². The van der Waals surface area contributed by atoms with Gasteiger partial charge in [0.05, 0.1) is 31.6 Å². The highest BCUT2D eigenvalue weighted by Gasteiger charge is 2.50. The van der Waals surface area contributed by atoms with Crippen LogP contribution in [0.2, 0.25) is 0 Å². The van der Waals surface area contributed by atoms with E-state index in [9.17, 15) is 62.7 Å². The van der Waals surface area contributed by atoms with Gasteiger partial charge in [0.15, 0.2) is 22.8 Å². The van der Waals surface area contributed by atoms with Crippen molar-refractivity contribution in [2.45, 2.75) is 93.9 Å². The predicted octanol–water partition coefficient (Wildman–Crippen LogP) is -0.609. The maximum absolute atomic E-state index is 12.7. The molecule has 2 unspecified atom stereocenters. The summed E-state index contributed by atoms with van der Waals surface area (Å²) in [5.41, 5.74) is 4.25. The zero-order chi connectivity index (χ0) is 46.3. The summed E-state index contributed by atoms with van der Waals surface area (Å²) >= 11 is 2.91. The van der Waals surface area contributed by atoms with E-state index >= 15 is 0 Å². The number of imidazole rings is 1. The number of rotatable bonds is 24. The van der Waals surface area contributed by atoms with Gasteiger partial charge in [-0.25, -0.2) is 33.4 Å². The molecule has 0 aromatic carbocycles. The minimum Gasteiger partial charge on any atom is -0.386 e. The molecule has 3 fully saturated rings. The molecule has 27 nitrogen and oxygen atoms in total. The number of unbranched alkanes of at least 4 members (excludes halogenated alkanes) is 1. The Kier molecular flexibility index (Phi) is 17.6. The van der Waals surface area contributed by atoms with Crippen LogP contribution in [-0.4, -0.2) is 152 Å². The number of thioether (sulfide) groups is 2. The molecule has 3 aliphatic rings. The van der Waals surface area contributed by atoms with E-state index in [1.54, 1.807) is 0 Å². The molecule has 0 spiro atoms.